The first kappa shape index (κ1) is 15.2. The van der Waals surface area contributed by atoms with E-state index < -0.39 is 0 Å². The lowest BCUT2D eigenvalue weighted by atomic mass is 10.2. The van der Waals surface area contributed by atoms with Crippen molar-refractivity contribution in [1.29, 1.82) is 0 Å². The van der Waals surface area contributed by atoms with Crippen LogP contribution in [-0.4, -0.2) is 26.9 Å². The van der Waals surface area contributed by atoms with Gasteiger partial charge in [0.25, 0.3) is 0 Å². The van der Waals surface area contributed by atoms with Gasteiger partial charge in [-0.1, -0.05) is 22.5 Å². The zero-order chi connectivity index (χ0) is 13.4. The van der Waals surface area contributed by atoms with Crippen molar-refractivity contribution in [2.75, 3.05) is 26.9 Å². The molecule has 1 aromatic rings. The zero-order valence-corrected chi connectivity index (χ0v) is 12.5. The second-order valence-corrected chi connectivity index (χ2v) is 5.08. The van der Waals surface area contributed by atoms with Crippen LogP contribution in [0.15, 0.2) is 34.8 Å². The Hall–Kier alpha value is -0.840. The Morgan fingerprint density at radius 1 is 1.44 bits per heavy atom. The summed E-state index contributed by atoms with van der Waals surface area (Å²) in [7, 11) is 1.70. The molecule has 1 aromatic carbocycles. The number of halogens is 1. The van der Waals surface area contributed by atoms with Gasteiger partial charge in [0.15, 0.2) is 0 Å². The molecule has 0 saturated carbocycles. The summed E-state index contributed by atoms with van der Waals surface area (Å²) in [6.45, 7) is 8.62. The van der Waals surface area contributed by atoms with Crippen molar-refractivity contribution in [3.8, 4) is 5.75 Å². The van der Waals surface area contributed by atoms with Crippen molar-refractivity contribution < 1.29 is 9.47 Å². The van der Waals surface area contributed by atoms with Gasteiger partial charge in [0.05, 0.1) is 6.61 Å². The summed E-state index contributed by atoms with van der Waals surface area (Å²) < 4.78 is 11.8. The number of nitrogens with one attached hydrogen (secondary N) is 1. The molecule has 0 fully saturated rings. The Kier molecular flexibility index (Phi) is 7.01. The monoisotopic (exact) mass is 313 g/mol. The molecular formula is C14H20BrNO2. The van der Waals surface area contributed by atoms with E-state index in [2.05, 4.69) is 33.9 Å². The van der Waals surface area contributed by atoms with E-state index in [4.69, 9.17) is 9.47 Å². The molecule has 0 aliphatic rings. The maximum Gasteiger partial charge on any atom is 0.124 e. The molecule has 0 aliphatic heterocycles. The number of benzene rings is 1. The highest BCUT2D eigenvalue weighted by Gasteiger charge is 2.04. The van der Waals surface area contributed by atoms with Crippen molar-refractivity contribution in [3.05, 3.63) is 40.4 Å². The lowest BCUT2D eigenvalue weighted by molar-refractivity contribution is 0.199. The Morgan fingerprint density at radius 3 is 2.89 bits per heavy atom. The van der Waals surface area contributed by atoms with Crippen molar-refractivity contribution in [3.63, 3.8) is 0 Å². The zero-order valence-electron chi connectivity index (χ0n) is 11.0. The van der Waals surface area contributed by atoms with Crippen LogP contribution in [0.1, 0.15) is 12.5 Å². The number of hydrogen-bond donors (Lipinski definition) is 1. The Balaban J connectivity index is 2.61. The molecule has 0 bridgehead atoms. The van der Waals surface area contributed by atoms with Crippen LogP contribution in [0.2, 0.25) is 0 Å². The van der Waals surface area contributed by atoms with Crippen LogP contribution in [0.25, 0.3) is 0 Å². The first-order chi connectivity index (χ1) is 8.63. The van der Waals surface area contributed by atoms with Gasteiger partial charge in [-0.15, -0.1) is 0 Å². The van der Waals surface area contributed by atoms with Crippen LogP contribution in [0, 0.1) is 0 Å². The lowest BCUT2D eigenvalue weighted by Crippen LogP contribution is -2.19. The van der Waals surface area contributed by atoms with Crippen molar-refractivity contribution >= 4 is 15.9 Å². The van der Waals surface area contributed by atoms with Gasteiger partial charge in [-0.3, -0.25) is 0 Å². The summed E-state index contributed by atoms with van der Waals surface area (Å²) in [6.07, 6.45) is 0. The highest BCUT2D eigenvalue weighted by molar-refractivity contribution is 9.10. The molecule has 100 valence electrons. The Bertz CT molecular complexity index is 393. The molecule has 0 unspecified atom stereocenters. The fourth-order valence-corrected chi connectivity index (χ4v) is 1.83. The van der Waals surface area contributed by atoms with Crippen molar-refractivity contribution in [2.45, 2.75) is 13.5 Å². The van der Waals surface area contributed by atoms with E-state index in [0.717, 1.165) is 34.4 Å². The van der Waals surface area contributed by atoms with Gasteiger partial charge in [0.1, 0.15) is 12.4 Å². The molecule has 0 heterocycles. The van der Waals surface area contributed by atoms with Crippen LogP contribution in [0.4, 0.5) is 0 Å². The first-order valence-electron chi connectivity index (χ1n) is 5.88. The summed E-state index contributed by atoms with van der Waals surface area (Å²) in [4.78, 5) is 0. The predicted octanol–water partition coefficient (Wildman–Crippen LogP) is 3.14. The minimum Gasteiger partial charge on any atom is -0.489 e. The van der Waals surface area contributed by atoms with E-state index in [1.165, 1.54) is 0 Å². The highest BCUT2D eigenvalue weighted by atomic mass is 79.9. The van der Waals surface area contributed by atoms with Crippen LogP contribution in [0.3, 0.4) is 0 Å². The van der Waals surface area contributed by atoms with Crippen LogP contribution in [-0.2, 0) is 11.3 Å². The van der Waals surface area contributed by atoms with Crippen LogP contribution < -0.4 is 10.1 Å². The third kappa shape index (κ3) is 5.67. The number of rotatable bonds is 8. The van der Waals surface area contributed by atoms with Crippen molar-refractivity contribution in [1.82, 2.24) is 5.32 Å². The molecule has 3 nitrogen and oxygen atoms in total. The topological polar surface area (TPSA) is 30.5 Å². The average Bonchev–Trinajstić information content (AvgIpc) is 2.33. The number of hydrogen-bond acceptors (Lipinski definition) is 3. The summed E-state index contributed by atoms with van der Waals surface area (Å²) in [5.41, 5.74) is 2.14. The molecule has 0 saturated heterocycles. The van der Waals surface area contributed by atoms with E-state index >= 15 is 0 Å². The molecule has 18 heavy (non-hydrogen) atoms. The predicted molar refractivity (Wildman–Crippen MR) is 78.0 cm³/mol. The summed E-state index contributed by atoms with van der Waals surface area (Å²) in [5.74, 6) is 0.895. The SMILES string of the molecule is C=C(C)COc1ccc(Br)cc1CNCCOC. The van der Waals surface area contributed by atoms with Gasteiger partial charge in [0.2, 0.25) is 0 Å². The molecular weight excluding hydrogens is 294 g/mol. The fraction of sp³-hybridized carbons (Fsp3) is 0.429. The van der Waals surface area contributed by atoms with E-state index in [-0.39, 0.29) is 0 Å². The van der Waals surface area contributed by atoms with Gasteiger partial charge in [-0.2, -0.15) is 0 Å². The van der Waals surface area contributed by atoms with E-state index in [0.29, 0.717) is 13.2 Å². The van der Waals surface area contributed by atoms with Gasteiger partial charge in [0, 0.05) is 30.2 Å². The van der Waals surface area contributed by atoms with Gasteiger partial charge in [-0.05, 0) is 30.7 Å². The van der Waals surface area contributed by atoms with E-state index in [9.17, 15) is 0 Å². The summed E-state index contributed by atoms with van der Waals surface area (Å²) >= 11 is 3.47. The second-order valence-electron chi connectivity index (χ2n) is 4.17. The molecule has 0 aliphatic carbocycles. The average molecular weight is 314 g/mol. The summed E-state index contributed by atoms with van der Waals surface area (Å²) in [6, 6.07) is 6.01. The van der Waals surface area contributed by atoms with Crippen LogP contribution >= 0.6 is 15.9 Å². The molecule has 0 aromatic heterocycles. The second kappa shape index (κ2) is 8.29. The van der Waals surface area contributed by atoms with E-state index in [1.54, 1.807) is 7.11 Å². The molecule has 0 amide bonds. The fourth-order valence-electron chi connectivity index (χ4n) is 1.43. The number of methoxy groups -OCH3 is 1. The lowest BCUT2D eigenvalue weighted by Gasteiger charge is -2.12. The molecule has 0 atom stereocenters. The van der Waals surface area contributed by atoms with Gasteiger partial charge < -0.3 is 14.8 Å². The number of ether oxygens (including phenoxy) is 2. The minimum absolute atomic E-state index is 0.548. The third-order valence-electron chi connectivity index (χ3n) is 2.30. The first-order valence-corrected chi connectivity index (χ1v) is 6.68. The normalized spacial score (nSPS) is 10.4. The Morgan fingerprint density at radius 2 is 2.22 bits per heavy atom. The third-order valence-corrected chi connectivity index (χ3v) is 2.79. The molecule has 0 spiro atoms. The molecule has 0 radical (unpaired) electrons. The summed E-state index contributed by atoms with van der Waals surface area (Å²) in [5, 5.41) is 3.31. The Labute approximate surface area is 117 Å². The van der Waals surface area contributed by atoms with Gasteiger partial charge >= 0.3 is 0 Å². The quantitative estimate of drug-likeness (QED) is 0.591. The smallest absolute Gasteiger partial charge is 0.124 e. The maximum atomic E-state index is 5.72. The molecule has 1 rings (SSSR count). The van der Waals surface area contributed by atoms with Gasteiger partial charge in [-0.25, -0.2) is 0 Å². The standard InChI is InChI=1S/C14H20BrNO2/c1-11(2)10-18-14-5-4-13(15)8-12(14)9-16-6-7-17-3/h4-5,8,16H,1,6-7,9-10H2,2-3H3. The van der Waals surface area contributed by atoms with E-state index in [1.807, 2.05) is 19.1 Å². The molecule has 1 N–H and O–H groups in total. The largest absolute Gasteiger partial charge is 0.489 e. The molecule has 4 heteroatoms. The highest BCUT2D eigenvalue weighted by Crippen LogP contribution is 2.23. The van der Waals surface area contributed by atoms with Crippen LogP contribution in [0.5, 0.6) is 5.75 Å². The maximum absolute atomic E-state index is 5.72. The minimum atomic E-state index is 0.548. The van der Waals surface area contributed by atoms with Crippen molar-refractivity contribution in [2.24, 2.45) is 0 Å².